The first-order valence-electron chi connectivity index (χ1n) is 8.73. The Hall–Kier alpha value is -1.63. The molecule has 0 unspecified atom stereocenters. The van der Waals surface area contributed by atoms with Crippen LogP contribution in [-0.2, 0) is 15.8 Å². The van der Waals surface area contributed by atoms with Crippen LogP contribution in [0.25, 0.3) is 0 Å². The van der Waals surface area contributed by atoms with Crippen LogP contribution in [0, 0.1) is 6.92 Å². The highest BCUT2D eigenvalue weighted by Crippen LogP contribution is 2.24. The van der Waals surface area contributed by atoms with E-state index < -0.39 is 10.0 Å². The molecule has 0 aliphatic heterocycles. The van der Waals surface area contributed by atoms with Gasteiger partial charge < -0.3 is 4.74 Å². The van der Waals surface area contributed by atoms with Gasteiger partial charge in [0.2, 0.25) is 15.9 Å². The molecule has 1 aromatic carbocycles. The van der Waals surface area contributed by atoms with E-state index in [4.69, 9.17) is 16.3 Å². The Labute approximate surface area is 159 Å². The van der Waals surface area contributed by atoms with E-state index in [2.05, 4.69) is 9.71 Å². The minimum absolute atomic E-state index is 0.0137. The number of aryl methyl sites for hydroxylation is 1. The maximum atomic E-state index is 12.4. The average Bonchev–Trinajstić information content (AvgIpc) is 2.58. The lowest BCUT2D eigenvalue weighted by molar-refractivity contribution is 0.138. The summed E-state index contributed by atoms with van der Waals surface area (Å²) in [5.74, 6) is 0.567. The van der Waals surface area contributed by atoms with Crippen LogP contribution >= 0.6 is 11.6 Å². The third-order valence-corrected chi connectivity index (χ3v) is 6.08. The fourth-order valence-corrected chi connectivity index (χ4v) is 4.78. The van der Waals surface area contributed by atoms with Gasteiger partial charge in [-0.2, -0.15) is 0 Å². The zero-order chi connectivity index (χ0) is 18.6. The minimum atomic E-state index is -3.35. The predicted octanol–water partition coefficient (Wildman–Crippen LogP) is 3.85. The van der Waals surface area contributed by atoms with Crippen LogP contribution in [0.1, 0.15) is 36.8 Å². The Morgan fingerprint density at radius 2 is 1.96 bits per heavy atom. The van der Waals surface area contributed by atoms with Gasteiger partial charge in [-0.3, -0.25) is 0 Å². The maximum Gasteiger partial charge on any atom is 0.216 e. The number of benzene rings is 1. The van der Waals surface area contributed by atoms with Crippen molar-refractivity contribution < 1.29 is 13.2 Å². The molecule has 7 heteroatoms. The van der Waals surface area contributed by atoms with Crippen LogP contribution in [0.3, 0.4) is 0 Å². The van der Waals surface area contributed by atoms with Crippen LogP contribution < -0.4 is 9.46 Å². The summed E-state index contributed by atoms with van der Waals surface area (Å²) < 4.78 is 33.5. The molecule has 0 atom stereocenters. The van der Waals surface area contributed by atoms with Gasteiger partial charge in [0, 0.05) is 18.3 Å². The van der Waals surface area contributed by atoms with E-state index in [9.17, 15) is 8.42 Å². The van der Waals surface area contributed by atoms with Crippen molar-refractivity contribution in [2.45, 2.75) is 50.5 Å². The molecule has 0 amide bonds. The van der Waals surface area contributed by atoms with Crippen molar-refractivity contribution in [2.75, 3.05) is 0 Å². The lowest BCUT2D eigenvalue weighted by Gasteiger charge is -2.29. The Kier molecular flexibility index (Phi) is 6.16. The van der Waals surface area contributed by atoms with Gasteiger partial charge in [-0.15, -0.1) is 0 Å². The number of ether oxygens (including phenoxy) is 1. The second-order valence-corrected chi connectivity index (χ2v) is 8.96. The maximum absolute atomic E-state index is 12.4. The average molecular weight is 395 g/mol. The SMILES string of the molecule is Cc1cccc(CS(=O)(=O)NC2CCC(Oc3ccc(Cl)cn3)CC2)c1. The van der Waals surface area contributed by atoms with Crippen molar-refractivity contribution in [1.29, 1.82) is 0 Å². The van der Waals surface area contributed by atoms with Crippen molar-refractivity contribution in [3.05, 3.63) is 58.7 Å². The zero-order valence-corrected chi connectivity index (χ0v) is 16.3. The number of nitrogens with zero attached hydrogens (tertiary/aromatic N) is 1. The van der Waals surface area contributed by atoms with Crippen LogP contribution in [0.5, 0.6) is 5.88 Å². The number of sulfonamides is 1. The number of nitrogens with one attached hydrogen (secondary N) is 1. The lowest BCUT2D eigenvalue weighted by Crippen LogP contribution is -2.40. The summed E-state index contributed by atoms with van der Waals surface area (Å²) in [6.45, 7) is 1.96. The number of hydrogen-bond acceptors (Lipinski definition) is 4. The van der Waals surface area contributed by atoms with E-state index in [0.717, 1.165) is 36.8 Å². The van der Waals surface area contributed by atoms with Gasteiger partial charge >= 0.3 is 0 Å². The molecular weight excluding hydrogens is 372 g/mol. The Morgan fingerprint density at radius 3 is 2.62 bits per heavy atom. The summed E-state index contributed by atoms with van der Waals surface area (Å²) in [4.78, 5) is 4.14. The highest BCUT2D eigenvalue weighted by atomic mass is 35.5. The van der Waals surface area contributed by atoms with E-state index in [0.29, 0.717) is 10.9 Å². The summed E-state index contributed by atoms with van der Waals surface area (Å²) in [7, 11) is -3.35. The Morgan fingerprint density at radius 1 is 1.19 bits per heavy atom. The second kappa shape index (κ2) is 8.37. The molecule has 1 saturated carbocycles. The molecular formula is C19H23ClN2O3S. The molecule has 1 aliphatic carbocycles. The van der Waals surface area contributed by atoms with Gasteiger partial charge in [0.1, 0.15) is 6.10 Å². The molecule has 1 aliphatic rings. The summed E-state index contributed by atoms with van der Waals surface area (Å²) in [5.41, 5.74) is 1.87. The van der Waals surface area contributed by atoms with Crippen molar-refractivity contribution in [1.82, 2.24) is 9.71 Å². The molecule has 1 fully saturated rings. The standard InChI is InChI=1S/C19H23ClN2O3S/c1-14-3-2-4-15(11-14)13-26(23,24)22-17-6-8-18(9-7-17)25-19-10-5-16(20)12-21-19/h2-5,10-12,17-18,22H,6-9,13H2,1H3. The molecule has 1 heterocycles. The van der Waals surface area contributed by atoms with Crippen LogP contribution in [0.2, 0.25) is 5.02 Å². The molecule has 1 aromatic heterocycles. The lowest BCUT2D eigenvalue weighted by atomic mass is 9.94. The largest absolute Gasteiger partial charge is 0.474 e. The topological polar surface area (TPSA) is 68.3 Å². The van der Waals surface area contributed by atoms with Gasteiger partial charge in [0.05, 0.1) is 10.8 Å². The fourth-order valence-electron chi connectivity index (χ4n) is 3.22. The van der Waals surface area contributed by atoms with Crippen molar-refractivity contribution in [3.8, 4) is 5.88 Å². The highest BCUT2D eigenvalue weighted by Gasteiger charge is 2.26. The molecule has 0 spiro atoms. The van der Waals surface area contributed by atoms with Gasteiger partial charge in [0.15, 0.2) is 0 Å². The van der Waals surface area contributed by atoms with Crippen molar-refractivity contribution in [3.63, 3.8) is 0 Å². The van der Waals surface area contributed by atoms with Crippen molar-refractivity contribution >= 4 is 21.6 Å². The quantitative estimate of drug-likeness (QED) is 0.807. The first kappa shape index (κ1) is 19.1. The summed E-state index contributed by atoms with van der Waals surface area (Å²) in [6, 6.07) is 11.0. The van der Waals surface area contributed by atoms with E-state index in [1.807, 2.05) is 31.2 Å². The smallest absolute Gasteiger partial charge is 0.216 e. The number of halogens is 1. The minimum Gasteiger partial charge on any atom is -0.474 e. The molecule has 1 N–H and O–H groups in total. The fraction of sp³-hybridized carbons (Fsp3) is 0.421. The van der Waals surface area contributed by atoms with Gasteiger partial charge in [0.25, 0.3) is 0 Å². The Bertz CT molecular complexity index is 832. The van der Waals surface area contributed by atoms with E-state index in [1.165, 1.54) is 0 Å². The zero-order valence-electron chi connectivity index (χ0n) is 14.7. The molecule has 3 rings (SSSR count). The normalized spacial score (nSPS) is 20.7. The summed E-state index contributed by atoms with van der Waals surface area (Å²) in [6.07, 6.45) is 4.71. The molecule has 26 heavy (non-hydrogen) atoms. The predicted molar refractivity (Wildman–Crippen MR) is 103 cm³/mol. The first-order chi connectivity index (χ1) is 12.4. The Balaban J connectivity index is 1.49. The second-order valence-electron chi connectivity index (χ2n) is 6.77. The molecule has 0 radical (unpaired) electrons. The monoisotopic (exact) mass is 394 g/mol. The summed E-state index contributed by atoms with van der Waals surface area (Å²) >= 11 is 5.82. The molecule has 5 nitrogen and oxygen atoms in total. The van der Waals surface area contributed by atoms with Gasteiger partial charge in [-0.25, -0.2) is 18.1 Å². The number of rotatable bonds is 6. The molecule has 0 saturated heterocycles. The number of aromatic nitrogens is 1. The van der Waals surface area contributed by atoms with E-state index in [1.54, 1.807) is 18.3 Å². The van der Waals surface area contributed by atoms with Crippen LogP contribution in [0.15, 0.2) is 42.6 Å². The molecule has 0 bridgehead atoms. The highest BCUT2D eigenvalue weighted by molar-refractivity contribution is 7.88. The third-order valence-electron chi connectivity index (χ3n) is 4.45. The third kappa shape index (κ3) is 5.69. The van der Waals surface area contributed by atoms with Crippen LogP contribution in [-0.4, -0.2) is 25.5 Å². The summed E-state index contributed by atoms with van der Waals surface area (Å²) in [5, 5.41) is 0.573. The first-order valence-corrected chi connectivity index (χ1v) is 10.8. The molecule has 140 valence electrons. The van der Waals surface area contributed by atoms with Crippen molar-refractivity contribution in [2.24, 2.45) is 0 Å². The van der Waals surface area contributed by atoms with E-state index in [-0.39, 0.29) is 17.9 Å². The number of pyridine rings is 1. The van der Waals surface area contributed by atoms with Gasteiger partial charge in [-0.1, -0.05) is 41.4 Å². The van der Waals surface area contributed by atoms with Gasteiger partial charge in [-0.05, 0) is 44.2 Å². The van der Waals surface area contributed by atoms with E-state index >= 15 is 0 Å². The van der Waals surface area contributed by atoms with Crippen LogP contribution in [0.4, 0.5) is 0 Å². The molecule has 2 aromatic rings. The number of hydrogen-bond donors (Lipinski definition) is 1.